The highest BCUT2D eigenvalue weighted by Gasteiger charge is 2.15. The first-order chi connectivity index (χ1) is 13.0. The Balaban J connectivity index is 1.75. The number of nitrogens with one attached hydrogen (secondary N) is 1. The van der Waals surface area contributed by atoms with Crippen LogP contribution in [0.25, 0.3) is 17.0 Å². The first kappa shape index (κ1) is 18.6. The molecule has 7 heteroatoms. The maximum Gasteiger partial charge on any atom is 0.349 e. The number of methoxy groups -OCH3 is 1. The molecule has 1 N–H and O–H groups in total. The minimum atomic E-state index is -0.824. The second-order valence-electron chi connectivity index (χ2n) is 5.55. The van der Waals surface area contributed by atoms with Gasteiger partial charge in [0.2, 0.25) is 0 Å². The number of halogens is 1. The SMILES string of the molecule is COc1ccc(C=CC(=O)NC(=O)c2cc3cc(Br)ccc3oc2=O)cc1. The lowest BCUT2D eigenvalue weighted by Crippen LogP contribution is -2.32. The number of rotatable bonds is 4. The summed E-state index contributed by atoms with van der Waals surface area (Å²) in [6, 6.07) is 13.5. The molecule has 0 aliphatic carbocycles. The molecule has 1 heterocycles. The lowest BCUT2D eigenvalue weighted by Gasteiger charge is -2.03. The van der Waals surface area contributed by atoms with Gasteiger partial charge in [0.05, 0.1) is 7.11 Å². The zero-order valence-corrected chi connectivity index (χ0v) is 15.8. The molecule has 0 saturated carbocycles. The molecule has 0 saturated heterocycles. The molecule has 1 aromatic heterocycles. The van der Waals surface area contributed by atoms with Crippen molar-refractivity contribution in [1.29, 1.82) is 0 Å². The average molecular weight is 428 g/mol. The number of carbonyl (C=O) groups excluding carboxylic acids is 2. The predicted molar refractivity (Wildman–Crippen MR) is 105 cm³/mol. The van der Waals surface area contributed by atoms with Gasteiger partial charge < -0.3 is 9.15 Å². The lowest BCUT2D eigenvalue weighted by atomic mass is 10.1. The van der Waals surface area contributed by atoms with E-state index in [9.17, 15) is 14.4 Å². The fourth-order valence-electron chi connectivity index (χ4n) is 2.36. The maximum absolute atomic E-state index is 12.2. The van der Waals surface area contributed by atoms with Crippen LogP contribution < -0.4 is 15.7 Å². The largest absolute Gasteiger partial charge is 0.497 e. The molecular weight excluding hydrogens is 414 g/mol. The second-order valence-corrected chi connectivity index (χ2v) is 6.47. The third kappa shape index (κ3) is 4.51. The quantitative estimate of drug-likeness (QED) is 0.508. The fraction of sp³-hybridized carbons (Fsp3) is 0.0500. The van der Waals surface area contributed by atoms with E-state index in [4.69, 9.17) is 9.15 Å². The van der Waals surface area contributed by atoms with Crippen LogP contribution in [0.3, 0.4) is 0 Å². The molecule has 27 heavy (non-hydrogen) atoms. The standard InChI is InChI=1S/C20H14BrNO5/c1-26-15-6-2-12(3-7-15)4-9-18(23)22-19(24)16-11-13-10-14(21)5-8-17(13)27-20(16)25/h2-11H,1H3,(H,22,23,24). The van der Waals surface area contributed by atoms with E-state index in [1.807, 2.05) is 0 Å². The average Bonchev–Trinajstić information content (AvgIpc) is 2.66. The smallest absolute Gasteiger partial charge is 0.349 e. The minimum Gasteiger partial charge on any atom is -0.497 e. The van der Waals surface area contributed by atoms with Crippen LogP contribution in [0.1, 0.15) is 15.9 Å². The summed E-state index contributed by atoms with van der Waals surface area (Å²) in [4.78, 5) is 36.2. The Morgan fingerprint density at radius 1 is 1.11 bits per heavy atom. The van der Waals surface area contributed by atoms with Crippen molar-refractivity contribution in [2.45, 2.75) is 0 Å². The third-order valence-electron chi connectivity index (χ3n) is 3.72. The monoisotopic (exact) mass is 427 g/mol. The van der Waals surface area contributed by atoms with Gasteiger partial charge in [-0.05, 0) is 48.0 Å². The molecule has 136 valence electrons. The molecule has 0 aliphatic rings. The van der Waals surface area contributed by atoms with Gasteiger partial charge in [0.1, 0.15) is 16.9 Å². The number of amides is 2. The molecule has 6 nitrogen and oxygen atoms in total. The van der Waals surface area contributed by atoms with Crippen molar-refractivity contribution < 1.29 is 18.7 Å². The van der Waals surface area contributed by atoms with E-state index >= 15 is 0 Å². The van der Waals surface area contributed by atoms with Crippen LogP contribution in [-0.2, 0) is 4.79 Å². The number of hydrogen-bond acceptors (Lipinski definition) is 5. The molecular formula is C20H14BrNO5. The van der Waals surface area contributed by atoms with Crippen molar-refractivity contribution >= 4 is 44.8 Å². The molecule has 0 unspecified atom stereocenters. The van der Waals surface area contributed by atoms with E-state index in [1.165, 1.54) is 12.1 Å². The van der Waals surface area contributed by atoms with Gasteiger partial charge in [0.15, 0.2) is 0 Å². The van der Waals surface area contributed by atoms with Gasteiger partial charge in [-0.15, -0.1) is 0 Å². The summed E-state index contributed by atoms with van der Waals surface area (Å²) in [6.45, 7) is 0. The van der Waals surface area contributed by atoms with Gasteiger partial charge in [-0.2, -0.15) is 0 Å². The predicted octanol–water partition coefficient (Wildman–Crippen LogP) is 3.53. The Bertz CT molecular complexity index is 1100. The number of benzene rings is 2. The lowest BCUT2D eigenvalue weighted by molar-refractivity contribution is -0.115. The first-order valence-electron chi connectivity index (χ1n) is 7.87. The molecule has 2 aromatic carbocycles. The van der Waals surface area contributed by atoms with Crippen molar-refractivity contribution in [2.24, 2.45) is 0 Å². The molecule has 3 aromatic rings. The van der Waals surface area contributed by atoms with E-state index in [2.05, 4.69) is 21.2 Å². The van der Waals surface area contributed by atoms with E-state index in [-0.39, 0.29) is 5.56 Å². The van der Waals surface area contributed by atoms with Crippen LogP contribution in [0.2, 0.25) is 0 Å². The molecule has 2 amide bonds. The molecule has 3 rings (SSSR count). The van der Waals surface area contributed by atoms with E-state index in [1.54, 1.807) is 55.7 Å². The van der Waals surface area contributed by atoms with Crippen molar-refractivity contribution in [3.8, 4) is 5.75 Å². The first-order valence-corrected chi connectivity index (χ1v) is 8.66. The maximum atomic E-state index is 12.2. The summed E-state index contributed by atoms with van der Waals surface area (Å²) >= 11 is 3.31. The van der Waals surface area contributed by atoms with Crippen molar-refractivity contribution in [1.82, 2.24) is 5.32 Å². The van der Waals surface area contributed by atoms with Crippen LogP contribution in [0.15, 0.2) is 68.3 Å². The van der Waals surface area contributed by atoms with Crippen LogP contribution in [-0.4, -0.2) is 18.9 Å². The summed E-state index contributed by atoms with van der Waals surface area (Å²) in [6.07, 6.45) is 2.75. The number of imide groups is 1. The molecule has 0 spiro atoms. The van der Waals surface area contributed by atoms with Crippen molar-refractivity contribution in [2.75, 3.05) is 7.11 Å². The Hall–Kier alpha value is -3.19. The zero-order valence-electron chi connectivity index (χ0n) is 14.2. The van der Waals surface area contributed by atoms with Gasteiger partial charge >= 0.3 is 5.63 Å². The second kappa shape index (κ2) is 8.01. The van der Waals surface area contributed by atoms with Gasteiger partial charge in [-0.1, -0.05) is 28.1 Å². The van der Waals surface area contributed by atoms with E-state index in [0.717, 1.165) is 10.0 Å². The summed E-state index contributed by atoms with van der Waals surface area (Å²) in [5, 5.41) is 2.71. The number of carbonyl (C=O) groups is 2. The highest BCUT2D eigenvalue weighted by atomic mass is 79.9. The van der Waals surface area contributed by atoms with Crippen LogP contribution in [0.4, 0.5) is 0 Å². The highest BCUT2D eigenvalue weighted by Crippen LogP contribution is 2.19. The number of fused-ring (bicyclic) bond motifs is 1. The van der Waals surface area contributed by atoms with Gasteiger partial charge in [0.25, 0.3) is 11.8 Å². The van der Waals surface area contributed by atoms with Crippen molar-refractivity contribution in [3.05, 3.63) is 80.6 Å². The number of hydrogen-bond donors (Lipinski definition) is 1. The summed E-state index contributed by atoms with van der Waals surface area (Å²) in [5.74, 6) is -0.777. The Morgan fingerprint density at radius 2 is 1.85 bits per heavy atom. The van der Waals surface area contributed by atoms with Gasteiger partial charge in [-0.25, -0.2) is 4.79 Å². The fourth-order valence-corrected chi connectivity index (χ4v) is 2.74. The molecule has 0 radical (unpaired) electrons. The normalized spacial score (nSPS) is 10.9. The van der Waals surface area contributed by atoms with Crippen LogP contribution in [0, 0.1) is 0 Å². The van der Waals surface area contributed by atoms with E-state index in [0.29, 0.717) is 16.7 Å². The van der Waals surface area contributed by atoms with Crippen molar-refractivity contribution in [3.63, 3.8) is 0 Å². The zero-order chi connectivity index (χ0) is 19.4. The topological polar surface area (TPSA) is 85.6 Å². The van der Waals surface area contributed by atoms with E-state index < -0.39 is 17.4 Å². The molecule has 0 atom stereocenters. The molecule has 0 fully saturated rings. The number of ether oxygens (including phenoxy) is 1. The third-order valence-corrected chi connectivity index (χ3v) is 4.21. The summed E-state index contributed by atoms with van der Waals surface area (Å²) < 4.78 is 11.0. The Labute approximate surface area is 162 Å². The van der Waals surface area contributed by atoms with Gasteiger partial charge in [0, 0.05) is 15.9 Å². The van der Waals surface area contributed by atoms with Crippen LogP contribution >= 0.6 is 15.9 Å². The molecule has 0 bridgehead atoms. The summed E-state index contributed by atoms with van der Waals surface area (Å²) in [5.41, 5.74) is 0.0556. The Kier molecular flexibility index (Phi) is 5.52. The minimum absolute atomic E-state index is 0.244. The Morgan fingerprint density at radius 3 is 2.56 bits per heavy atom. The van der Waals surface area contributed by atoms with Gasteiger partial charge in [-0.3, -0.25) is 14.9 Å². The highest BCUT2D eigenvalue weighted by molar-refractivity contribution is 9.10. The summed E-state index contributed by atoms with van der Waals surface area (Å²) in [7, 11) is 1.56. The molecule has 0 aliphatic heterocycles. The van der Waals surface area contributed by atoms with Crippen LogP contribution in [0.5, 0.6) is 5.75 Å².